The molecular formula is C27H25N3O4S. The Labute approximate surface area is 207 Å². The number of aromatic nitrogens is 2. The minimum atomic E-state index is -0.513. The lowest BCUT2D eigenvalue weighted by molar-refractivity contribution is -0.129. The molecule has 3 aromatic carbocycles. The summed E-state index contributed by atoms with van der Waals surface area (Å²) in [5.41, 5.74) is 2.05. The summed E-state index contributed by atoms with van der Waals surface area (Å²) in [6.07, 6.45) is 0. The standard InChI is InChI=1S/C27H25N3O4S/c1-18(24(31)29(2)17-19-10-6-4-7-11-19)35-27-28-23-16-20(26(33)34-3)14-15-22(23)25(32)30(27)21-12-8-5-9-13-21/h4-16,18H,17H2,1-3H3/t18-/m1/s1. The Morgan fingerprint density at radius 2 is 1.69 bits per heavy atom. The maximum absolute atomic E-state index is 13.5. The third-order valence-corrected chi connectivity index (χ3v) is 6.58. The number of rotatable bonds is 7. The van der Waals surface area contributed by atoms with Gasteiger partial charge in [-0.2, -0.15) is 0 Å². The molecule has 0 spiro atoms. The van der Waals surface area contributed by atoms with Crippen molar-refractivity contribution in [3.8, 4) is 5.69 Å². The number of ether oxygens (including phenoxy) is 1. The molecule has 1 heterocycles. The fourth-order valence-corrected chi connectivity index (χ4v) is 4.79. The predicted octanol–water partition coefficient (Wildman–Crippen LogP) is 4.31. The van der Waals surface area contributed by atoms with E-state index in [-0.39, 0.29) is 11.5 Å². The molecule has 0 fully saturated rings. The molecule has 0 N–H and O–H groups in total. The number of methoxy groups -OCH3 is 1. The molecule has 7 nitrogen and oxygen atoms in total. The van der Waals surface area contributed by atoms with Crippen LogP contribution >= 0.6 is 11.8 Å². The molecule has 0 bridgehead atoms. The van der Waals surface area contributed by atoms with Gasteiger partial charge < -0.3 is 9.64 Å². The lowest BCUT2D eigenvalue weighted by Crippen LogP contribution is -2.33. The Balaban J connectivity index is 1.73. The molecule has 0 radical (unpaired) electrons. The summed E-state index contributed by atoms with van der Waals surface area (Å²) in [6.45, 7) is 2.27. The zero-order valence-corrected chi connectivity index (χ0v) is 20.5. The smallest absolute Gasteiger partial charge is 0.337 e. The first-order valence-electron chi connectivity index (χ1n) is 11.0. The van der Waals surface area contributed by atoms with Crippen molar-refractivity contribution < 1.29 is 14.3 Å². The summed E-state index contributed by atoms with van der Waals surface area (Å²) in [4.78, 5) is 45.1. The van der Waals surface area contributed by atoms with E-state index in [9.17, 15) is 14.4 Å². The van der Waals surface area contributed by atoms with Crippen LogP contribution in [0.15, 0.2) is 88.8 Å². The highest BCUT2D eigenvalue weighted by molar-refractivity contribution is 8.00. The number of esters is 1. The summed E-state index contributed by atoms with van der Waals surface area (Å²) >= 11 is 1.21. The highest BCUT2D eigenvalue weighted by Gasteiger charge is 2.23. The zero-order valence-electron chi connectivity index (χ0n) is 19.7. The van der Waals surface area contributed by atoms with Crippen LogP contribution in [-0.4, -0.2) is 45.7 Å². The second kappa shape index (κ2) is 10.6. The third kappa shape index (κ3) is 5.27. The summed E-state index contributed by atoms with van der Waals surface area (Å²) in [5, 5.41) is 0.225. The number of amides is 1. The van der Waals surface area contributed by atoms with Crippen LogP contribution in [0.2, 0.25) is 0 Å². The van der Waals surface area contributed by atoms with Gasteiger partial charge in [0.2, 0.25) is 5.91 Å². The number of fused-ring (bicyclic) bond motifs is 1. The average molecular weight is 488 g/mol. The van der Waals surface area contributed by atoms with Gasteiger partial charge in [-0.3, -0.25) is 14.2 Å². The molecular weight excluding hydrogens is 462 g/mol. The van der Waals surface area contributed by atoms with E-state index in [2.05, 4.69) is 0 Å². The Hall–Kier alpha value is -3.91. The van der Waals surface area contributed by atoms with Crippen LogP contribution in [-0.2, 0) is 16.1 Å². The third-order valence-electron chi connectivity index (χ3n) is 5.54. The predicted molar refractivity (Wildman–Crippen MR) is 137 cm³/mol. The highest BCUT2D eigenvalue weighted by Crippen LogP contribution is 2.26. The van der Waals surface area contributed by atoms with E-state index in [4.69, 9.17) is 9.72 Å². The lowest BCUT2D eigenvalue weighted by atomic mass is 10.1. The van der Waals surface area contributed by atoms with Gasteiger partial charge in [0.25, 0.3) is 5.56 Å². The number of benzene rings is 3. The summed E-state index contributed by atoms with van der Waals surface area (Å²) in [7, 11) is 3.06. The van der Waals surface area contributed by atoms with E-state index in [0.717, 1.165) is 5.56 Å². The number of hydrogen-bond donors (Lipinski definition) is 0. The maximum atomic E-state index is 13.5. The summed E-state index contributed by atoms with van der Waals surface area (Å²) in [6, 6.07) is 23.6. The second-order valence-corrected chi connectivity index (χ2v) is 9.34. The Morgan fingerprint density at radius 3 is 2.34 bits per heavy atom. The monoisotopic (exact) mass is 487 g/mol. The molecule has 178 valence electrons. The molecule has 1 aromatic heterocycles. The number of nitrogens with zero attached hydrogens (tertiary/aromatic N) is 3. The topological polar surface area (TPSA) is 81.5 Å². The van der Waals surface area contributed by atoms with Crippen molar-refractivity contribution in [1.29, 1.82) is 0 Å². The highest BCUT2D eigenvalue weighted by atomic mass is 32.2. The minimum Gasteiger partial charge on any atom is -0.465 e. The minimum absolute atomic E-state index is 0.0869. The molecule has 4 rings (SSSR count). The fraction of sp³-hybridized carbons (Fsp3) is 0.185. The summed E-state index contributed by atoms with van der Waals surface area (Å²) < 4.78 is 6.31. The fourth-order valence-electron chi connectivity index (χ4n) is 3.75. The van der Waals surface area contributed by atoms with E-state index in [1.165, 1.54) is 29.5 Å². The molecule has 1 atom stereocenters. The van der Waals surface area contributed by atoms with Crippen molar-refractivity contribution in [1.82, 2.24) is 14.5 Å². The van der Waals surface area contributed by atoms with Gasteiger partial charge in [-0.05, 0) is 42.8 Å². The van der Waals surface area contributed by atoms with E-state index in [1.54, 1.807) is 31.0 Å². The van der Waals surface area contributed by atoms with Crippen molar-refractivity contribution >= 4 is 34.5 Å². The number of carbonyl (C=O) groups excluding carboxylic acids is 2. The molecule has 0 unspecified atom stereocenters. The molecule has 0 saturated carbocycles. The van der Waals surface area contributed by atoms with E-state index < -0.39 is 11.2 Å². The Bertz CT molecular complexity index is 1420. The zero-order chi connectivity index (χ0) is 24.9. The Kier molecular flexibility index (Phi) is 7.31. The quantitative estimate of drug-likeness (QED) is 0.220. The van der Waals surface area contributed by atoms with Crippen LogP contribution in [0.25, 0.3) is 16.6 Å². The first-order chi connectivity index (χ1) is 16.9. The van der Waals surface area contributed by atoms with E-state index in [1.807, 2.05) is 60.7 Å². The number of hydrogen-bond acceptors (Lipinski definition) is 6. The molecule has 0 saturated heterocycles. The largest absolute Gasteiger partial charge is 0.465 e. The molecule has 0 aliphatic heterocycles. The van der Waals surface area contributed by atoms with Crippen LogP contribution in [0.4, 0.5) is 0 Å². The molecule has 4 aromatic rings. The number of para-hydroxylation sites is 1. The molecule has 8 heteroatoms. The first kappa shape index (κ1) is 24.2. The molecule has 0 aliphatic carbocycles. The molecule has 1 amide bonds. The SMILES string of the molecule is COC(=O)c1ccc2c(=O)n(-c3ccccc3)c(S[C@H](C)C(=O)N(C)Cc3ccccc3)nc2c1. The maximum Gasteiger partial charge on any atom is 0.337 e. The van der Waals surface area contributed by atoms with Crippen LogP contribution in [0.1, 0.15) is 22.8 Å². The van der Waals surface area contributed by atoms with Crippen LogP contribution in [0, 0.1) is 0 Å². The van der Waals surface area contributed by atoms with E-state index in [0.29, 0.717) is 33.9 Å². The van der Waals surface area contributed by atoms with Crippen molar-refractivity contribution in [2.75, 3.05) is 14.2 Å². The van der Waals surface area contributed by atoms with Gasteiger partial charge in [-0.1, -0.05) is 60.3 Å². The molecule has 0 aliphatic rings. The average Bonchev–Trinajstić information content (AvgIpc) is 2.88. The number of carbonyl (C=O) groups is 2. The normalized spacial score (nSPS) is 11.7. The van der Waals surface area contributed by atoms with Crippen molar-refractivity contribution in [2.24, 2.45) is 0 Å². The molecule has 35 heavy (non-hydrogen) atoms. The van der Waals surface area contributed by atoms with E-state index >= 15 is 0 Å². The van der Waals surface area contributed by atoms with Crippen LogP contribution < -0.4 is 5.56 Å². The van der Waals surface area contributed by atoms with Gasteiger partial charge in [0.15, 0.2) is 5.16 Å². The van der Waals surface area contributed by atoms with Crippen LogP contribution in [0.3, 0.4) is 0 Å². The van der Waals surface area contributed by atoms with Gasteiger partial charge in [0, 0.05) is 13.6 Å². The summed E-state index contributed by atoms with van der Waals surface area (Å²) in [5.74, 6) is -0.600. The van der Waals surface area contributed by atoms with Gasteiger partial charge in [0.05, 0.1) is 34.5 Å². The van der Waals surface area contributed by atoms with Gasteiger partial charge >= 0.3 is 5.97 Å². The second-order valence-electron chi connectivity index (χ2n) is 8.03. The van der Waals surface area contributed by atoms with Crippen LogP contribution in [0.5, 0.6) is 0 Å². The number of thioether (sulfide) groups is 1. The lowest BCUT2D eigenvalue weighted by Gasteiger charge is -2.22. The van der Waals surface area contributed by atoms with Gasteiger partial charge in [0.1, 0.15) is 0 Å². The van der Waals surface area contributed by atoms with Crippen molar-refractivity contribution in [3.05, 3.63) is 100 Å². The first-order valence-corrected chi connectivity index (χ1v) is 11.9. The van der Waals surface area contributed by atoms with Gasteiger partial charge in [-0.25, -0.2) is 9.78 Å². The Morgan fingerprint density at radius 1 is 1.03 bits per heavy atom. The van der Waals surface area contributed by atoms with Gasteiger partial charge in [-0.15, -0.1) is 0 Å². The van der Waals surface area contributed by atoms with Crippen molar-refractivity contribution in [2.45, 2.75) is 23.9 Å². The van der Waals surface area contributed by atoms with Crippen molar-refractivity contribution in [3.63, 3.8) is 0 Å².